The Balaban J connectivity index is 0.00000338. The van der Waals surface area contributed by atoms with Crippen molar-refractivity contribution in [3.63, 3.8) is 0 Å². The van der Waals surface area contributed by atoms with E-state index >= 15 is 0 Å². The first-order valence-electron chi connectivity index (χ1n) is 8.35. The second kappa shape index (κ2) is 13.0. The maximum Gasteiger partial charge on any atom is 0.387 e. The van der Waals surface area contributed by atoms with Crippen LogP contribution in [0.4, 0.5) is 8.78 Å². The Labute approximate surface area is 169 Å². The average Bonchev–Trinajstić information content (AvgIpc) is 3.11. The lowest BCUT2D eigenvalue weighted by Gasteiger charge is -2.15. The third kappa shape index (κ3) is 8.45. The van der Waals surface area contributed by atoms with Gasteiger partial charge in [0.25, 0.3) is 0 Å². The van der Waals surface area contributed by atoms with E-state index in [1.807, 2.05) is 0 Å². The molecular weight excluding hydrogens is 459 g/mol. The summed E-state index contributed by atoms with van der Waals surface area (Å²) in [7, 11) is 1.66. The molecule has 26 heavy (non-hydrogen) atoms. The fourth-order valence-corrected chi connectivity index (χ4v) is 2.43. The van der Waals surface area contributed by atoms with E-state index in [0.29, 0.717) is 37.8 Å². The normalized spacial score (nSPS) is 17.1. The third-order valence-corrected chi connectivity index (χ3v) is 3.71. The molecule has 1 aliphatic rings. The number of halogens is 3. The molecule has 1 saturated heterocycles. The van der Waals surface area contributed by atoms with Crippen molar-refractivity contribution >= 4 is 29.9 Å². The molecule has 1 atom stereocenters. The average molecular weight is 485 g/mol. The van der Waals surface area contributed by atoms with Gasteiger partial charge in [-0.25, -0.2) is 0 Å². The van der Waals surface area contributed by atoms with Gasteiger partial charge in [-0.1, -0.05) is 18.2 Å². The second-order valence-electron chi connectivity index (χ2n) is 5.55. The molecule has 0 aromatic heterocycles. The summed E-state index contributed by atoms with van der Waals surface area (Å²) in [6.07, 6.45) is 2.00. The molecule has 1 aromatic carbocycles. The van der Waals surface area contributed by atoms with Crippen LogP contribution in [0.2, 0.25) is 0 Å². The molecule has 2 N–H and O–H groups in total. The summed E-state index contributed by atoms with van der Waals surface area (Å²) < 4.78 is 40.3. The number of para-hydroxylation sites is 1. The van der Waals surface area contributed by atoms with Gasteiger partial charge >= 0.3 is 6.61 Å². The molecule has 1 aromatic rings. The minimum atomic E-state index is -2.84. The maximum absolute atomic E-state index is 12.4. The molecule has 2 rings (SSSR count). The van der Waals surface area contributed by atoms with Crippen LogP contribution in [0.25, 0.3) is 0 Å². The lowest BCUT2D eigenvalue weighted by Crippen LogP contribution is -2.37. The summed E-state index contributed by atoms with van der Waals surface area (Å²) in [5.74, 6) is 0.753. The molecule has 0 spiro atoms. The zero-order valence-corrected chi connectivity index (χ0v) is 17.1. The van der Waals surface area contributed by atoms with E-state index in [9.17, 15) is 8.78 Å². The van der Waals surface area contributed by atoms with Crippen molar-refractivity contribution in [3.05, 3.63) is 29.8 Å². The van der Waals surface area contributed by atoms with Crippen LogP contribution in [0.15, 0.2) is 29.3 Å². The van der Waals surface area contributed by atoms with Gasteiger partial charge in [0.2, 0.25) is 0 Å². The van der Waals surface area contributed by atoms with Crippen molar-refractivity contribution in [1.29, 1.82) is 0 Å². The Morgan fingerprint density at radius 1 is 1.35 bits per heavy atom. The molecule has 0 bridgehead atoms. The minimum absolute atomic E-state index is 0. The number of aliphatic imine (C=N–C) groups is 1. The Morgan fingerprint density at radius 3 is 2.85 bits per heavy atom. The van der Waals surface area contributed by atoms with Crippen LogP contribution in [0.1, 0.15) is 18.4 Å². The van der Waals surface area contributed by atoms with E-state index in [0.717, 1.165) is 19.4 Å². The van der Waals surface area contributed by atoms with Crippen LogP contribution < -0.4 is 15.4 Å². The SMILES string of the molecule is CN=C(NCCCOC1CCOC1)NCc1ccccc1OC(F)F.I. The first-order valence-corrected chi connectivity index (χ1v) is 8.35. The number of guanidine groups is 1. The largest absolute Gasteiger partial charge is 0.434 e. The van der Waals surface area contributed by atoms with Crippen molar-refractivity contribution < 1.29 is 23.0 Å². The van der Waals surface area contributed by atoms with E-state index in [2.05, 4.69) is 20.4 Å². The summed E-state index contributed by atoms with van der Waals surface area (Å²) in [6, 6.07) is 6.68. The van der Waals surface area contributed by atoms with Crippen molar-refractivity contribution in [3.8, 4) is 5.75 Å². The molecule has 0 aliphatic carbocycles. The van der Waals surface area contributed by atoms with Crippen molar-refractivity contribution in [2.45, 2.75) is 32.1 Å². The van der Waals surface area contributed by atoms with Gasteiger partial charge in [0.05, 0.1) is 12.7 Å². The summed E-state index contributed by atoms with van der Waals surface area (Å²) in [6.45, 7) is 0.292. The molecule has 1 heterocycles. The number of ether oxygens (including phenoxy) is 3. The molecule has 9 heteroatoms. The highest BCUT2D eigenvalue weighted by Gasteiger charge is 2.15. The van der Waals surface area contributed by atoms with Gasteiger partial charge in [0, 0.05) is 38.9 Å². The first-order chi connectivity index (χ1) is 12.2. The van der Waals surface area contributed by atoms with Gasteiger partial charge in [0.15, 0.2) is 5.96 Å². The molecule has 0 radical (unpaired) electrons. The Kier molecular flexibility index (Phi) is 11.5. The molecule has 148 valence electrons. The highest BCUT2D eigenvalue weighted by molar-refractivity contribution is 14.0. The van der Waals surface area contributed by atoms with Gasteiger partial charge < -0.3 is 24.8 Å². The van der Waals surface area contributed by atoms with Gasteiger partial charge in [-0.15, -0.1) is 24.0 Å². The second-order valence-corrected chi connectivity index (χ2v) is 5.55. The Hall–Kier alpha value is -1.20. The predicted octanol–water partition coefficient (Wildman–Crippen LogP) is 2.77. The molecule has 1 aliphatic heterocycles. The first kappa shape index (κ1) is 22.8. The summed E-state index contributed by atoms with van der Waals surface area (Å²) >= 11 is 0. The fourth-order valence-electron chi connectivity index (χ4n) is 2.43. The number of nitrogens with one attached hydrogen (secondary N) is 2. The summed E-state index contributed by atoms with van der Waals surface area (Å²) in [4.78, 5) is 4.11. The summed E-state index contributed by atoms with van der Waals surface area (Å²) in [5, 5.41) is 6.25. The van der Waals surface area contributed by atoms with E-state index in [-0.39, 0.29) is 35.8 Å². The Morgan fingerprint density at radius 2 is 2.15 bits per heavy atom. The minimum Gasteiger partial charge on any atom is -0.434 e. The van der Waals surface area contributed by atoms with Crippen LogP contribution in [0.5, 0.6) is 5.75 Å². The van der Waals surface area contributed by atoms with Crippen LogP contribution in [-0.4, -0.2) is 52.1 Å². The number of nitrogens with zero attached hydrogens (tertiary/aromatic N) is 1. The van der Waals surface area contributed by atoms with Crippen LogP contribution in [0, 0.1) is 0 Å². The van der Waals surface area contributed by atoms with Gasteiger partial charge in [-0.3, -0.25) is 4.99 Å². The molecule has 6 nitrogen and oxygen atoms in total. The Bertz CT molecular complexity index is 544. The number of benzene rings is 1. The van der Waals surface area contributed by atoms with E-state index in [4.69, 9.17) is 9.47 Å². The monoisotopic (exact) mass is 485 g/mol. The van der Waals surface area contributed by atoms with Crippen LogP contribution in [-0.2, 0) is 16.0 Å². The molecule has 0 amide bonds. The zero-order valence-electron chi connectivity index (χ0n) is 14.7. The highest BCUT2D eigenvalue weighted by atomic mass is 127. The van der Waals surface area contributed by atoms with Gasteiger partial charge in [-0.05, 0) is 18.9 Å². The lowest BCUT2D eigenvalue weighted by molar-refractivity contribution is -0.0504. The van der Waals surface area contributed by atoms with Crippen LogP contribution >= 0.6 is 24.0 Å². The number of alkyl halides is 2. The van der Waals surface area contributed by atoms with Crippen molar-refractivity contribution in [2.24, 2.45) is 4.99 Å². The molecule has 1 unspecified atom stereocenters. The van der Waals surface area contributed by atoms with Gasteiger partial charge in [-0.2, -0.15) is 8.78 Å². The van der Waals surface area contributed by atoms with Crippen molar-refractivity contribution in [1.82, 2.24) is 10.6 Å². The third-order valence-electron chi connectivity index (χ3n) is 3.71. The maximum atomic E-state index is 12.4. The summed E-state index contributed by atoms with van der Waals surface area (Å²) in [5.41, 5.74) is 0.635. The van der Waals surface area contributed by atoms with Crippen molar-refractivity contribution in [2.75, 3.05) is 33.4 Å². The molecule has 1 fully saturated rings. The van der Waals surface area contributed by atoms with Gasteiger partial charge in [0.1, 0.15) is 5.75 Å². The zero-order chi connectivity index (χ0) is 17.9. The number of hydrogen-bond donors (Lipinski definition) is 2. The number of rotatable bonds is 9. The standard InChI is InChI=1S/C17H25F2N3O3.HI/c1-20-17(21-8-4-9-24-14-7-10-23-12-14)22-11-13-5-2-3-6-15(13)25-16(18)19;/h2-3,5-6,14,16H,4,7-12H2,1H3,(H2,20,21,22);1H. The smallest absolute Gasteiger partial charge is 0.387 e. The fraction of sp³-hybridized carbons (Fsp3) is 0.588. The van der Waals surface area contributed by atoms with E-state index in [1.54, 1.807) is 25.2 Å². The molecule has 0 saturated carbocycles. The lowest BCUT2D eigenvalue weighted by atomic mass is 10.2. The highest BCUT2D eigenvalue weighted by Crippen LogP contribution is 2.19. The predicted molar refractivity (Wildman–Crippen MR) is 106 cm³/mol. The van der Waals surface area contributed by atoms with E-state index in [1.165, 1.54) is 6.07 Å². The topological polar surface area (TPSA) is 64.1 Å². The van der Waals surface area contributed by atoms with E-state index < -0.39 is 6.61 Å². The quantitative estimate of drug-likeness (QED) is 0.244. The van der Waals surface area contributed by atoms with Crippen LogP contribution in [0.3, 0.4) is 0 Å². The molecular formula is C17H26F2IN3O3. The number of hydrogen-bond acceptors (Lipinski definition) is 4.